The zero-order valence-corrected chi connectivity index (χ0v) is 5.42. The maximum absolute atomic E-state index is 9.70. The van der Waals surface area contributed by atoms with Gasteiger partial charge < -0.3 is 19.3 Å². The van der Waals surface area contributed by atoms with E-state index in [0.29, 0.717) is 0 Å². The highest BCUT2D eigenvalue weighted by Crippen LogP contribution is 2.36. The van der Waals surface area contributed by atoms with Crippen molar-refractivity contribution in [1.82, 2.24) is 0 Å². The number of phosphoric acid groups is 1. The third-order valence-corrected chi connectivity index (χ3v) is 0.978. The van der Waals surface area contributed by atoms with Gasteiger partial charge in [-0.15, -0.1) is 0 Å². The molecular formula is H4BO5PS. The molecule has 0 amide bonds. The zero-order chi connectivity index (χ0) is 6.78. The number of hydrogen-bond donors (Lipinski definition) is 4. The van der Waals surface area contributed by atoms with Crippen LogP contribution in [-0.2, 0) is 9.01 Å². The Hall–Kier alpha value is 0.485. The van der Waals surface area contributed by atoms with Crippen molar-refractivity contribution in [3.8, 4) is 0 Å². The highest BCUT2D eigenvalue weighted by molar-refractivity contribution is 8.09. The van der Waals surface area contributed by atoms with Crippen LogP contribution < -0.4 is 0 Å². The fourth-order valence-corrected chi connectivity index (χ4v) is 0.737. The molecule has 3 N–H and O–H groups in total. The second-order valence-corrected chi connectivity index (χ2v) is 2.56. The molecule has 0 saturated carbocycles. The first-order chi connectivity index (χ1) is 3.42. The Morgan fingerprint density at radius 1 is 1.62 bits per heavy atom. The third kappa shape index (κ3) is 6.48. The Balaban J connectivity index is 3.56. The van der Waals surface area contributed by atoms with Crippen LogP contribution in [0.2, 0.25) is 0 Å². The molecule has 0 saturated heterocycles. The molecule has 0 heterocycles. The Labute approximate surface area is 51.4 Å². The lowest BCUT2D eigenvalue weighted by atomic mass is 10.4. The molecule has 48 valence electrons. The molecule has 0 aromatic rings. The van der Waals surface area contributed by atoms with Crippen molar-refractivity contribution in [3.63, 3.8) is 0 Å². The minimum absolute atomic E-state index is 1.73. The first kappa shape index (κ1) is 8.48. The summed E-state index contributed by atoms with van der Waals surface area (Å²) in [7, 11) is -4.55. The number of hydrogen-bond acceptors (Lipinski definition) is 4. The van der Waals surface area contributed by atoms with Crippen LogP contribution in [0.4, 0.5) is 0 Å². The third-order valence-electron chi connectivity index (χ3n) is 0.232. The molecule has 0 aliphatic carbocycles. The fourth-order valence-electron chi connectivity index (χ4n) is 0.123. The van der Waals surface area contributed by atoms with Crippen molar-refractivity contribution < 1.29 is 23.8 Å². The minimum atomic E-state index is -4.55. The summed E-state index contributed by atoms with van der Waals surface area (Å²) in [4.78, 5) is 15.7. The van der Waals surface area contributed by atoms with Gasteiger partial charge in [0.2, 0.25) is 0 Å². The van der Waals surface area contributed by atoms with Crippen LogP contribution in [0.5, 0.6) is 0 Å². The smallest absolute Gasteiger partial charge is 0.418 e. The van der Waals surface area contributed by atoms with Crippen molar-refractivity contribution in [1.29, 1.82) is 0 Å². The topological polar surface area (TPSA) is 87.0 Å². The van der Waals surface area contributed by atoms with Gasteiger partial charge in [-0.25, -0.2) is 4.57 Å². The van der Waals surface area contributed by atoms with E-state index in [-0.39, 0.29) is 0 Å². The van der Waals surface area contributed by atoms with Gasteiger partial charge in [0.05, 0.1) is 0 Å². The summed E-state index contributed by atoms with van der Waals surface area (Å²) in [5, 5.41) is 8.04. The van der Waals surface area contributed by atoms with Gasteiger partial charge in [0.25, 0.3) is 0 Å². The Kier molecular flexibility index (Phi) is 3.04. The Bertz CT molecular complexity index is 105. The molecule has 0 rings (SSSR count). The maximum atomic E-state index is 9.70. The van der Waals surface area contributed by atoms with E-state index >= 15 is 0 Å². The highest BCUT2D eigenvalue weighted by Gasteiger charge is 2.21. The van der Waals surface area contributed by atoms with Gasteiger partial charge in [-0.1, -0.05) is 0 Å². The van der Waals surface area contributed by atoms with Crippen LogP contribution in [0.25, 0.3) is 0 Å². The minimum Gasteiger partial charge on any atom is -0.418 e. The van der Waals surface area contributed by atoms with Crippen LogP contribution in [0, 0.1) is 0 Å². The molecule has 0 atom stereocenters. The first-order valence-corrected chi connectivity index (χ1v) is 3.56. The lowest BCUT2D eigenvalue weighted by molar-refractivity contribution is 0.270. The fraction of sp³-hybridized carbons (Fsp3) is 0. The molecule has 5 nitrogen and oxygen atoms in total. The van der Waals surface area contributed by atoms with E-state index in [1.165, 1.54) is 0 Å². The van der Waals surface area contributed by atoms with E-state index in [1.54, 1.807) is 0 Å². The molecule has 0 radical (unpaired) electrons. The summed E-state index contributed by atoms with van der Waals surface area (Å²) in [5.74, 6) is 0. The molecule has 0 aromatic heterocycles. The average molecular weight is 158 g/mol. The van der Waals surface area contributed by atoms with Crippen LogP contribution >= 0.6 is 20.3 Å². The van der Waals surface area contributed by atoms with Crippen LogP contribution in [0.1, 0.15) is 0 Å². The Morgan fingerprint density at radius 2 is 2.00 bits per heavy atom. The monoisotopic (exact) mass is 158 g/mol. The predicted octanol–water partition coefficient (Wildman–Crippen LogP) is -0.997. The van der Waals surface area contributed by atoms with E-state index in [2.05, 4.69) is 16.9 Å². The molecule has 0 aliphatic heterocycles. The molecule has 0 spiro atoms. The predicted molar refractivity (Wildman–Crippen MR) is 30.1 cm³/mol. The van der Waals surface area contributed by atoms with E-state index in [9.17, 15) is 4.57 Å². The lowest BCUT2D eigenvalue weighted by Gasteiger charge is -2.01. The molecular weight excluding hydrogens is 154 g/mol. The van der Waals surface area contributed by atoms with Crippen molar-refractivity contribution >= 4 is 26.7 Å². The molecule has 0 bridgehead atoms. The van der Waals surface area contributed by atoms with Gasteiger partial charge >= 0.3 is 14.2 Å². The molecule has 0 aliphatic rings. The summed E-state index contributed by atoms with van der Waals surface area (Å²) in [6.45, 7) is 0. The number of thiol groups is 1. The summed E-state index contributed by atoms with van der Waals surface area (Å²) in [6, 6.07) is 0. The molecule has 8 heteroatoms. The molecule has 0 fully saturated rings. The SMILES string of the molecule is O=P(O)(O)OB(O)S. The molecule has 8 heavy (non-hydrogen) atoms. The van der Waals surface area contributed by atoms with Crippen molar-refractivity contribution in [2.24, 2.45) is 0 Å². The van der Waals surface area contributed by atoms with Crippen LogP contribution in [0.3, 0.4) is 0 Å². The summed E-state index contributed by atoms with van der Waals surface area (Å²) >= 11 is 3.13. The number of rotatable bonds is 2. The van der Waals surface area contributed by atoms with Gasteiger partial charge in [0.1, 0.15) is 0 Å². The molecule has 0 aromatic carbocycles. The normalized spacial score (nSPS) is 11.5. The summed E-state index contributed by atoms with van der Waals surface area (Å²) in [6.07, 6.45) is -1.73. The second-order valence-electron chi connectivity index (χ2n) is 0.922. The van der Waals surface area contributed by atoms with Crippen molar-refractivity contribution in [3.05, 3.63) is 0 Å². The zero-order valence-electron chi connectivity index (χ0n) is 3.63. The highest BCUT2D eigenvalue weighted by atomic mass is 32.1. The van der Waals surface area contributed by atoms with Gasteiger partial charge in [0.15, 0.2) is 0 Å². The Morgan fingerprint density at radius 3 is 2.00 bits per heavy atom. The largest absolute Gasteiger partial charge is 0.533 e. The standard InChI is InChI=1S/BH4O5PS/c2-1(8)6-7(3,4)5/h2,8H,(H2,3,4,5). The van der Waals surface area contributed by atoms with Gasteiger partial charge in [-0.3, -0.25) is 0 Å². The summed E-state index contributed by atoms with van der Waals surface area (Å²) in [5.41, 5.74) is 0. The van der Waals surface area contributed by atoms with Crippen molar-refractivity contribution in [2.75, 3.05) is 0 Å². The van der Waals surface area contributed by atoms with Crippen molar-refractivity contribution in [2.45, 2.75) is 0 Å². The average Bonchev–Trinajstić information content (AvgIpc) is 1.21. The maximum Gasteiger partial charge on any atom is 0.533 e. The van der Waals surface area contributed by atoms with Gasteiger partial charge in [0, 0.05) is 0 Å². The quantitative estimate of drug-likeness (QED) is 0.235. The lowest BCUT2D eigenvalue weighted by Crippen LogP contribution is -2.06. The summed E-state index contributed by atoms with van der Waals surface area (Å²) < 4.78 is 13.2. The first-order valence-electron chi connectivity index (χ1n) is 1.52. The van der Waals surface area contributed by atoms with Crippen LogP contribution in [0.15, 0.2) is 0 Å². The van der Waals surface area contributed by atoms with Crippen LogP contribution in [-0.4, -0.2) is 21.2 Å². The van der Waals surface area contributed by atoms with E-state index in [1.807, 2.05) is 0 Å². The molecule has 0 unspecified atom stereocenters. The van der Waals surface area contributed by atoms with E-state index in [4.69, 9.17) is 14.8 Å². The van der Waals surface area contributed by atoms with E-state index < -0.39 is 14.2 Å². The second kappa shape index (κ2) is 2.86. The van der Waals surface area contributed by atoms with Gasteiger partial charge in [-0.05, 0) is 0 Å². The van der Waals surface area contributed by atoms with E-state index in [0.717, 1.165) is 0 Å². The van der Waals surface area contributed by atoms with Gasteiger partial charge in [-0.2, -0.15) is 12.5 Å².